The predicted octanol–water partition coefficient (Wildman–Crippen LogP) is 0.524. The third-order valence-corrected chi connectivity index (χ3v) is 4.42. The molecule has 1 aliphatic heterocycles. The summed E-state index contributed by atoms with van der Waals surface area (Å²) in [5.41, 5.74) is 0.529. The highest BCUT2D eigenvalue weighted by molar-refractivity contribution is 7.90. The number of carbonyl (C=O) groups is 1. The van der Waals surface area contributed by atoms with Crippen molar-refractivity contribution in [2.75, 3.05) is 25.9 Å². The smallest absolute Gasteiger partial charge is 0.254 e. The molecule has 0 bridgehead atoms. The van der Waals surface area contributed by atoms with Crippen molar-refractivity contribution in [1.82, 2.24) is 10.2 Å². The molecule has 19 heavy (non-hydrogen) atoms. The van der Waals surface area contributed by atoms with Crippen molar-refractivity contribution in [3.05, 3.63) is 29.8 Å². The van der Waals surface area contributed by atoms with E-state index < -0.39 is 9.84 Å². The number of piperazine rings is 1. The summed E-state index contributed by atoms with van der Waals surface area (Å²) < 4.78 is 22.7. The van der Waals surface area contributed by atoms with Crippen molar-refractivity contribution in [2.24, 2.45) is 0 Å². The minimum atomic E-state index is -3.22. The Morgan fingerprint density at radius 1 is 1.32 bits per heavy atom. The molecule has 1 heterocycles. The van der Waals surface area contributed by atoms with Crippen molar-refractivity contribution in [3.63, 3.8) is 0 Å². The fourth-order valence-electron chi connectivity index (χ4n) is 2.15. The van der Waals surface area contributed by atoms with E-state index in [-0.39, 0.29) is 16.8 Å². The zero-order valence-electron chi connectivity index (χ0n) is 11.1. The molecule has 1 atom stereocenters. The highest BCUT2D eigenvalue weighted by atomic mass is 32.2. The lowest BCUT2D eigenvalue weighted by molar-refractivity contribution is 0.0655. The largest absolute Gasteiger partial charge is 0.333 e. The van der Waals surface area contributed by atoms with Crippen LogP contribution in [0.4, 0.5) is 0 Å². The van der Waals surface area contributed by atoms with Gasteiger partial charge in [0.25, 0.3) is 5.91 Å². The monoisotopic (exact) mass is 282 g/mol. The van der Waals surface area contributed by atoms with Gasteiger partial charge in [-0.15, -0.1) is 0 Å². The Hall–Kier alpha value is -1.40. The van der Waals surface area contributed by atoms with Gasteiger partial charge in [0, 0.05) is 37.5 Å². The van der Waals surface area contributed by atoms with Crippen LogP contribution in [-0.2, 0) is 9.84 Å². The molecule has 1 saturated heterocycles. The van der Waals surface area contributed by atoms with Gasteiger partial charge >= 0.3 is 0 Å². The Balaban J connectivity index is 2.20. The van der Waals surface area contributed by atoms with Crippen LogP contribution < -0.4 is 5.32 Å². The van der Waals surface area contributed by atoms with Crippen molar-refractivity contribution >= 4 is 15.7 Å². The van der Waals surface area contributed by atoms with Crippen LogP contribution in [0.15, 0.2) is 29.2 Å². The molecule has 1 fully saturated rings. The first-order valence-corrected chi connectivity index (χ1v) is 8.10. The second kappa shape index (κ2) is 5.30. The first-order chi connectivity index (χ1) is 8.89. The maximum Gasteiger partial charge on any atom is 0.254 e. The number of nitrogens with one attached hydrogen (secondary N) is 1. The number of sulfone groups is 1. The quantitative estimate of drug-likeness (QED) is 0.859. The molecule has 0 radical (unpaired) electrons. The van der Waals surface area contributed by atoms with Gasteiger partial charge in [-0.2, -0.15) is 0 Å². The number of hydrogen-bond acceptors (Lipinski definition) is 4. The number of nitrogens with zero attached hydrogens (tertiary/aromatic N) is 1. The number of amides is 1. The summed E-state index contributed by atoms with van der Waals surface area (Å²) >= 11 is 0. The van der Waals surface area contributed by atoms with Gasteiger partial charge in [0.2, 0.25) is 0 Å². The molecule has 1 unspecified atom stereocenters. The molecular formula is C13H18N2O3S. The third kappa shape index (κ3) is 3.13. The average molecular weight is 282 g/mol. The van der Waals surface area contributed by atoms with Crippen molar-refractivity contribution in [3.8, 4) is 0 Å². The normalized spacial score (nSPS) is 20.3. The van der Waals surface area contributed by atoms with Crippen LogP contribution in [-0.4, -0.2) is 51.2 Å². The molecule has 1 aliphatic rings. The van der Waals surface area contributed by atoms with E-state index in [1.807, 2.05) is 11.8 Å². The van der Waals surface area contributed by atoms with Crippen LogP contribution in [0.2, 0.25) is 0 Å². The van der Waals surface area contributed by atoms with Crippen LogP contribution in [0.3, 0.4) is 0 Å². The second-order valence-corrected chi connectivity index (χ2v) is 6.86. The predicted molar refractivity (Wildman–Crippen MR) is 72.9 cm³/mol. The maximum absolute atomic E-state index is 12.3. The summed E-state index contributed by atoms with van der Waals surface area (Å²) in [5, 5.41) is 3.23. The molecule has 6 heteroatoms. The SMILES string of the molecule is CC1CNCCN1C(=O)c1ccc(S(C)(=O)=O)cc1. The van der Waals surface area contributed by atoms with Gasteiger partial charge in [-0.05, 0) is 31.2 Å². The lowest BCUT2D eigenvalue weighted by atomic mass is 10.1. The third-order valence-electron chi connectivity index (χ3n) is 3.29. The Bertz CT molecular complexity index is 566. The van der Waals surface area contributed by atoms with E-state index in [9.17, 15) is 13.2 Å². The van der Waals surface area contributed by atoms with E-state index in [0.717, 1.165) is 19.3 Å². The molecule has 104 valence electrons. The average Bonchev–Trinajstić information content (AvgIpc) is 2.38. The van der Waals surface area contributed by atoms with Gasteiger partial charge in [-0.3, -0.25) is 4.79 Å². The van der Waals surface area contributed by atoms with Crippen molar-refractivity contribution in [2.45, 2.75) is 17.9 Å². The highest BCUT2D eigenvalue weighted by Gasteiger charge is 2.24. The van der Waals surface area contributed by atoms with Gasteiger partial charge in [-0.1, -0.05) is 0 Å². The first kappa shape index (κ1) is 14.0. The van der Waals surface area contributed by atoms with Gasteiger partial charge in [0.15, 0.2) is 9.84 Å². The summed E-state index contributed by atoms with van der Waals surface area (Å²) in [5.74, 6) is -0.0472. The minimum Gasteiger partial charge on any atom is -0.333 e. The number of benzene rings is 1. The summed E-state index contributed by atoms with van der Waals surface area (Å²) in [6.45, 7) is 4.24. The summed E-state index contributed by atoms with van der Waals surface area (Å²) in [6.07, 6.45) is 1.15. The molecular weight excluding hydrogens is 264 g/mol. The van der Waals surface area contributed by atoms with E-state index in [4.69, 9.17) is 0 Å². The van der Waals surface area contributed by atoms with Crippen molar-refractivity contribution < 1.29 is 13.2 Å². The highest BCUT2D eigenvalue weighted by Crippen LogP contribution is 2.14. The fourth-order valence-corrected chi connectivity index (χ4v) is 2.78. The van der Waals surface area contributed by atoms with E-state index in [1.54, 1.807) is 12.1 Å². The molecule has 0 spiro atoms. The van der Waals surface area contributed by atoms with Crippen LogP contribution in [0, 0.1) is 0 Å². The van der Waals surface area contributed by atoms with Gasteiger partial charge in [0.1, 0.15) is 0 Å². The van der Waals surface area contributed by atoms with Crippen LogP contribution >= 0.6 is 0 Å². The second-order valence-electron chi connectivity index (χ2n) is 4.85. The standard InChI is InChI=1S/C13H18N2O3S/c1-10-9-14-7-8-15(10)13(16)11-3-5-12(6-4-11)19(2,17)18/h3-6,10,14H,7-9H2,1-2H3. The molecule has 0 aromatic heterocycles. The molecule has 1 aromatic rings. The zero-order valence-corrected chi connectivity index (χ0v) is 11.9. The molecule has 0 aliphatic carbocycles. The Kier molecular flexibility index (Phi) is 3.91. The topological polar surface area (TPSA) is 66.5 Å². The lowest BCUT2D eigenvalue weighted by Crippen LogP contribution is -2.52. The van der Waals surface area contributed by atoms with Crippen LogP contribution in [0.5, 0.6) is 0 Å². The molecule has 1 N–H and O–H groups in total. The first-order valence-electron chi connectivity index (χ1n) is 6.21. The van der Waals surface area contributed by atoms with Crippen LogP contribution in [0.25, 0.3) is 0 Å². The summed E-state index contributed by atoms with van der Waals surface area (Å²) in [4.78, 5) is 14.4. The van der Waals surface area contributed by atoms with E-state index in [1.165, 1.54) is 12.1 Å². The zero-order chi connectivity index (χ0) is 14.0. The minimum absolute atomic E-state index is 0.0472. The summed E-state index contributed by atoms with van der Waals surface area (Å²) in [7, 11) is -3.22. The molecule has 5 nitrogen and oxygen atoms in total. The molecule has 2 rings (SSSR count). The van der Waals surface area contributed by atoms with E-state index in [2.05, 4.69) is 5.32 Å². The number of hydrogen-bond donors (Lipinski definition) is 1. The molecule has 1 amide bonds. The van der Waals surface area contributed by atoms with E-state index >= 15 is 0 Å². The lowest BCUT2D eigenvalue weighted by Gasteiger charge is -2.34. The Labute approximate surface area is 113 Å². The number of carbonyl (C=O) groups excluding carboxylic acids is 1. The van der Waals surface area contributed by atoms with Gasteiger partial charge in [0.05, 0.1) is 4.90 Å². The Morgan fingerprint density at radius 2 is 1.95 bits per heavy atom. The maximum atomic E-state index is 12.3. The van der Waals surface area contributed by atoms with Gasteiger partial charge < -0.3 is 10.2 Å². The van der Waals surface area contributed by atoms with E-state index in [0.29, 0.717) is 12.1 Å². The number of rotatable bonds is 2. The van der Waals surface area contributed by atoms with Crippen molar-refractivity contribution in [1.29, 1.82) is 0 Å². The van der Waals surface area contributed by atoms with Gasteiger partial charge in [-0.25, -0.2) is 8.42 Å². The summed E-state index contributed by atoms with van der Waals surface area (Å²) in [6, 6.07) is 6.27. The molecule has 0 saturated carbocycles. The van der Waals surface area contributed by atoms with Crippen LogP contribution in [0.1, 0.15) is 17.3 Å². The Morgan fingerprint density at radius 3 is 2.47 bits per heavy atom. The molecule has 1 aromatic carbocycles. The fraction of sp³-hybridized carbons (Fsp3) is 0.462.